The molecule has 0 aliphatic heterocycles. The van der Waals surface area contributed by atoms with E-state index in [2.05, 4.69) is 0 Å². The molecule has 0 atom stereocenters. The zero-order valence-electron chi connectivity index (χ0n) is 17.5. The fraction of sp³-hybridized carbons (Fsp3) is 0.0741. The molecule has 0 aliphatic carbocycles. The highest BCUT2D eigenvalue weighted by Crippen LogP contribution is 2.44. The molecular weight excluding hydrogens is 424 g/mol. The number of hydrogen-bond donors (Lipinski definition) is 0. The molecule has 1 aromatic heterocycles. The molecule has 5 rings (SSSR count). The summed E-state index contributed by atoms with van der Waals surface area (Å²) in [6.45, 7) is 1.54. The van der Waals surface area contributed by atoms with Crippen molar-refractivity contribution in [1.82, 2.24) is 0 Å². The minimum atomic E-state index is -0.112. The van der Waals surface area contributed by atoms with Gasteiger partial charge in [-0.05, 0) is 61.0 Å². The van der Waals surface area contributed by atoms with Gasteiger partial charge >= 0.3 is 0 Å². The molecule has 32 heavy (non-hydrogen) atoms. The topological polar surface area (TPSA) is 48.7 Å². The van der Waals surface area contributed by atoms with Gasteiger partial charge in [-0.25, -0.2) is 0 Å². The van der Waals surface area contributed by atoms with E-state index in [1.165, 1.54) is 0 Å². The minimum Gasteiger partial charge on any atom is -0.497 e. The molecule has 0 unspecified atom stereocenters. The Labute approximate surface area is 189 Å². The molecule has 0 spiro atoms. The number of carbonyl (C=O) groups excluding carboxylic acids is 1. The Balaban J connectivity index is 1.83. The molecule has 0 aliphatic rings. The molecule has 0 amide bonds. The van der Waals surface area contributed by atoms with Gasteiger partial charge in [0, 0.05) is 21.4 Å². The van der Waals surface area contributed by atoms with E-state index in [0.29, 0.717) is 38.8 Å². The van der Waals surface area contributed by atoms with Gasteiger partial charge in [-0.1, -0.05) is 41.9 Å². The number of benzene rings is 4. The maximum absolute atomic E-state index is 12.9. The first kappa shape index (κ1) is 20.2. The van der Waals surface area contributed by atoms with E-state index in [1.807, 2.05) is 72.8 Å². The van der Waals surface area contributed by atoms with Crippen LogP contribution in [0.5, 0.6) is 17.2 Å². The molecule has 0 fully saturated rings. The first-order valence-corrected chi connectivity index (χ1v) is 10.5. The van der Waals surface area contributed by atoms with Crippen LogP contribution in [0, 0.1) is 0 Å². The zero-order chi connectivity index (χ0) is 22.2. The summed E-state index contributed by atoms with van der Waals surface area (Å²) in [6.07, 6.45) is 0. The van der Waals surface area contributed by atoms with Crippen molar-refractivity contribution in [2.75, 3.05) is 7.11 Å². The van der Waals surface area contributed by atoms with E-state index in [9.17, 15) is 4.79 Å². The third-order valence-electron chi connectivity index (χ3n) is 5.39. The average Bonchev–Trinajstić information content (AvgIpc) is 3.16. The largest absolute Gasteiger partial charge is 0.497 e. The first-order chi connectivity index (χ1) is 15.5. The summed E-state index contributed by atoms with van der Waals surface area (Å²) in [5.41, 5.74) is 3.21. The number of Topliss-reactive ketones (excluding diaryl/α,β-unsaturated/α-hetero) is 1. The summed E-state index contributed by atoms with van der Waals surface area (Å²) in [7, 11) is 1.62. The Hall–Kier alpha value is -3.76. The summed E-state index contributed by atoms with van der Waals surface area (Å²) < 4.78 is 17.7. The molecule has 4 aromatic carbocycles. The second-order valence-corrected chi connectivity index (χ2v) is 7.88. The summed E-state index contributed by atoms with van der Waals surface area (Å²) in [6, 6.07) is 24.3. The van der Waals surface area contributed by atoms with Gasteiger partial charge in [-0.3, -0.25) is 4.79 Å². The number of furan rings is 1. The molecule has 158 valence electrons. The predicted molar refractivity (Wildman–Crippen MR) is 127 cm³/mol. The normalized spacial score (nSPS) is 11.1. The molecule has 5 aromatic rings. The summed E-state index contributed by atoms with van der Waals surface area (Å²) in [5, 5.41) is 2.19. The zero-order valence-corrected chi connectivity index (χ0v) is 18.3. The average molecular weight is 443 g/mol. The Bertz CT molecular complexity index is 1450. The number of halogens is 1. The molecule has 0 radical (unpaired) electrons. The van der Waals surface area contributed by atoms with Crippen molar-refractivity contribution in [2.45, 2.75) is 6.92 Å². The lowest BCUT2D eigenvalue weighted by molar-refractivity contribution is 0.101. The van der Waals surface area contributed by atoms with E-state index in [-0.39, 0.29) is 5.78 Å². The monoisotopic (exact) mass is 442 g/mol. The molecule has 1 heterocycles. The number of rotatable bonds is 5. The van der Waals surface area contributed by atoms with Crippen LogP contribution < -0.4 is 9.47 Å². The standard InChI is InChI=1S/C27H19ClO4/c1-16(29)25-26(17-6-4-3-5-7-17)24(31-20-11-9-19(30-2)10-12-20)15-22-21-14-18(28)8-13-23(21)32-27(22)25/h3-15H,1-2H3. The molecule has 5 heteroatoms. The number of carbonyl (C=O) groups is 1. The summed E-state index contributed by atoms with van der Waals surface area (Å²) in [5.74, 6) is 1.81. The second kappa shape index (κ2) is 8.06. The van der Waals surface area contributed by atoms with Crippen LogP contribution in [0.4, 0.5) is 0 Å². The smallest absolute Gasteiger partial charge is 0.164 e. The van der Waals surface area contributed by atoms with E-state index < -0.39 is 0 Å². The van der Waals surface area contributed by atoms with Gasteiger partial charge < -0.3 is 13.9 Å². The Kier molecular flexibility index (Phi) is 5.08. The number of fused-ring (bicyclic) bond motifs is 3. The van der Waals surface area contributed by atoms with Gasteiger partial charge in [0.25, 0.3) is 0 Å². The van der Waals surface area contributed by atoms with Crippen molar-refractivity contribution >= 4 is 39.3 Å². The summed E-state index contributed by atoms with van der Waals surface area (Å²) in [4.78, 5) is 12.9. The van der Waals surface area contributed by atoms with Gasteiger partial charge in [0.05, 0.1) is 12.7 Å². The first-order valence-electron chi connectivity index (χ1n) is 10.1. The fourth-order valence-electron chi connectivity index (χ4n) is 3.94. The van der Waals surface area contributed by atoms with Crippen LogP contribution in [0.25, 0.3) is 33.1 Å². The quantitative estimate of drug-likeness (QED) is 0.259. The highest BCUT2D eigenvalue weighted by Gasteiger charge is 2.24. The fourth-order valence-corrected chi connectivity index (χ4v) is 4.11. The SMILES string of the molecule is COc1ccc(Oc2cc3c(oc4ccc(Cl)cc43)c(C(C)=O)c2-c2ccccc2)cc1. The van der Waals surface area contributed by atoms with Crippen LogP contribution in [0.2, 0.25) is 5.02 Å². The van der Waals surface area contributed by atoms with Gasteiger partial charge in [-0.2, -0.15) is 0 Å². The Morgan fingerprint density at radius 1 is 0.875 bits per heavy atom. The predicted octanol–water partition coefficient (Wildman–Crippen LogP) is 7.91. The van der Waals surface area contributed by atoms with Crippen molar-refractivity contribution in [2.24, 2.45) is 0 Å². The number of ether oxygens (including phenoxy) is 2. The van der Waals surface area contributed by atoms with Crippen molar-refractivity contribution < 1.29 is 18.7 Å². The lowest BCUT2D eigenvalue weighted by Gasteiger charge is -2.16. The van der Waals surface area contributed by atoms with Crippen LogP contribution >= 0.6 is 11.6 Å². The van der Waals surface area contributed by atoms with Gasteiger partial charge in [0.1, 0.15) is 28.4 Å². The van der Waals surface area contributed by atoms with Crippen LogP contribution in [-0.2, 0) is 0 Å². The lowest BCUT2D eigenvalue weighted by atomic mass is 9.94. The minimum absolute atomic E-state index is 0.112. The van der Waals surface area contributed by atoms with Crippen molar-refractivity contribution in [3.8, 4) is 28.4 Å². The maximum atomic E-state index is 12.9. The number of hydrogen-bond acceptors (Lipinski definition) is 4. The Morgan fingerprint density at radius 2 is 1.59 bits per heavy atom. The molecule has 0 bridgehead atoms. The van der Waals surface area contributed by atoms with Gasteiger partial charge in [0.2, 0.25) is 0 Å². The van der Waals surface area contributed by atoms with Gasteiger partial charge in [-0.15, -0.1) is 0 Å². The molecular formula is C27H19ClO4. The number of ketones is 1. The summed E-state index contributed by atoms with van der Waals surface area (Å²) >= 11 is 6.25. The molecule has 0 N–H and O–H groups in total. The van der Waals surface area contributed by atoms with Crippen molar-refractivity contribution in [3.05, 3.63) is 89.4 Å². The Morgan fingerprint density at radius 3 is 2.28 bits per heavy atom. The van der Waals surface area contributed by atoms with Crippen molar-refractivity contribution in [1.29, 1.82) is 0 Å². The van der Waals surface area contributed by atoms with E-state index in [0.717, 1.165) is 22.1 Å². The third kappa shape index (κ3) is 3.49. The highest BCUT2D eigenvalue weighted by molar-refractivity contribution is 6.32. The maximum Gasteiger partial charge on any atom is 0.164 e. The lowest BCUT2D eigenvalue weighted by Crippen LogP contribution is -2.00. The van der Waals surface area contributed by atoms with E-state index >= 15 is 0 Å². The molecule has 0 saturated heterocycles. The highest BCUT2D eigenvalue weighted by atomic mass is 35.5. The number of methoxy groups -OCH3 is 1. The van der Waals surface area contributed by atoms with Crippen LogP contribution in [0.3, 0.4) is 0 Å². The van der Waals surface area contributed by atoms with Crippen LogP contribution in [0.1, 0.15) is 17.3 Å². The van der Waals surface area contributed by atoms with E-state index in [4.69, 9.17) is 25.5 Å². The van der Waals surface area contributed by atoms with Crippen molar-refractivity contribution in [3.63, 3.8) is 0 Å². The van der Waals surface area contributed by atoms with E-state index in [1.54, 1.807) is 20.1 Å². The molecule has 4 nitrogen and oxygen atoms in total. The van der Waals surface area contributed by atoms with Crippen LogP contribution in [-0.4, -0.2) is 12.9 Å². The second-order valence-electron chi connectivity index (χ2n) is 7.44. The molecule has 0 saturated carbocycles. The third-order valence-corrected chi connectivity index (χ3v) is 5.62. The van der Waals surface area contributed by atoms with Crippen LogP contribution in [0.15, 0.2) is 83.3 Å². The van der Waals surface area contributed by atoms with Gasteiger partial charge in [0.15, 0.2) is 5.78 Å².